The molecule has 38 heavy (non-hydrogen) atoms. The van der Waals surface area contributed by atoms with E-state index in [1.54, 1.807) is 6.20 Å². The Morgan fingerprint density at radius 2 is 1.97 bits per heavy atom. The first-order valence-electron chi connectivity index (χ1n) is 12.2. The molecule has 1 aromatic carbocycles. The number of hydrogen-bond acceptors (Lipinski definition) is 8. The number of ether oxygens (including phenoxy) is 2. The Labute approximate surface area is 217 Å². The second-order valence-electron chi connectivity index (χ2n) is 9.62. The van der Waals surface area contributed by atoms with Crippen LogP contribution in [0.15, 0.2) is 30.5 Å². The molecule has 5 rings (SSSR count). The normalized spacial score (nSPS) is 20.7. The third kappa shape index (κ3) is 4.56. The van der Waals surface area contributed by atoms with Gasteiger partial charge in [-0.25, -0.2) is 23.1 Å². The van der Waals surface area contributed by atoms with Crippen LogP contribution in [-0.4, -0.2) is 59.8 Å². The van der Waals surface area contributed by atoms with E-state index in [1.807, 2.05) is 11.8 Å². The molecule has 0 radical (unpaired) electrons. The minimum absolute atomic E-state index is 0.109. The zero-order valence-corrected chi connectivity index (χ0v) is 20.9. The van der Waals surface area contributed by atoms with Gasteiger partial charge in [0.1, 0.15) is 23.0 Å². The number of aromatic nitrogens is 2. The molecule has 2 aromatic heterocycles. The van der Waals surface area contributed by atoms with Gasteiger partial charge in [-0.2, -0.15) is 0 Å². The number of anilines is 1. The van der Waals surface area contributed by atoms with Gasteiger partial charge >= 0.3 is 0 Å². The molecule has 1 saturated heterocycles. The lowest BCUT2D eigenvalue weighted by Crippen LogP contribution is -2.56. The maximum Gasteiger partial charge on any atom is 0.218 e. The van der Waals surface area contributed by atoms with E-state index in [9.17, 15) is 23.1 Å². The third-order valence-electron chi connectivity index (χ3n) is 7.05. The van der Waals surface area contributed by atoms with Crippen molar-refractivity contribution in [2.75, 3.05) is 31.7 Å². The lowest BCUT2D eigenvalue weighted by Gasteiger charge is -2.41. The number of pyridine rings is 2. The van der Waals surface area contributed by atoms with Gasteiger partial charge < -0.3 is 25.2 Å². The number of fused-ring (bicyclic) bond motifs is 1. The molecule has 3 aromatic rings. The van der Waals surface area contributed by atoms with Crippen molar-refractivity contribution in [2.24, 2.45) is 11.7 Å². The van der Waals surface area contributed by atoms with Gasteiger partial charge in [-0.1, -0.05) is 6.92 Å². The van der Waals surface area contributed by atoms with Crippen LogP contribution in [0.1, 0.15) is 28.5 Å². The Morgan fingerprint density at radius 3 is 2.71 bits per heavy atom. The van der Waals surface area contributed by atoms with Crippen LogP contribution in [0.3, 0.4) is 0 Å². The number of piperidine rings is 1. The summed E-state index contributed by atoms with van der Waals surface area (Å²) in [6.07, 6.45) is 1.33. The molecule has 11 heteroatoms. The number of carbonyl (C=O) groups excluding carboxylic acids is 1. The van der Waals surface area contributed by atoms with Crippen molar-refractivity contribution in [1.29, 1.82) is 0 Å². The Kier molecular flexibility index (Phi) is 6.97. The summed E-state index contributed by atoms with van der Waals surface area (Å²) < 4.78 is 54.6. The van der Waals surface area contributed by atoms with Crippen molar-refractivity contribution in [1.82, 2.24) is 9.97 Å². The van der Waals surface area contributed by atoms with Crippen molar-refractivity contribution in [3.8, 4) is 22.9 Å². The molecule has 0 aliphatic carbocycles. The fourth-order valence-electron chi connectivity index (χ4n) is 5.14. The predicted octanol–water partition coefficient (Wildman–Crippen LogP) is 3.07. The van der Waals surface area contributed by atoms with Crippen molar-refractivity contribution in [2.45, 2.75) is 31.9 Å². The summed E-state index contributed by atoms with van der Waals surface area (Å²) in [5.74, 6) is -3.55. The maximum absolute atomic E-state index is 14.8. The lowest BCUT2D eigenvalue weighted by molar-refractivity contribution is 0.0784. The molecular formula is C27H27F3N4O4. The van der Waals surface area contributed by atoms with Crippen LogP contribution >= 0.6 is 0 Å². The van der Waals surface area contributed by atoms with E-state index >= 15 is 0 Å². The van der Waals surface area contributed by atoms with Crippen LogP contribution in [0.25, 0.3) is 11.3 Å². The SMILES string of the molecule is COc1ccc(F)c(-c2nc(C(=O)Cc3cnc4c(c3N3C[C@@H](N)[C@H](O)[C@@H](C)C3)CCO4)ccc2F)c1F. The minimum atomic E-state index is -1.12. The molecule has 0 spiro atoms. The molecule has 4 heterocycles. The highest BCUT2D eigenvalue weighted by molar-refractivity contribution is 5.97. The van der Waals surface area contributed by atoms with E-state index in [0.29, 0.717) is 37.6 Å². The molecule has 2 aliphatic heterocycles. The summed E-state index contributed by atoms with van der Waals surface area (Å²) in [6, 6.07) is 3.67. The van der Waals surface area contributed by atoms with Crippen LogP contribution in [0.5, 0.6) is 11.6 Å². The molecule has 3 atom stereocenters. The number of Topliss-reactive ketones (excluding diaryl/α,β-unsaturated/α-hetero) is 1. The van der Waals surface area contributed by atoms with E-state index in [1.165, 1.54) is 13.2 Å². The standard InChI is InChI=1S/C27H27F3N4O4/c1-13-11-34(12-18(31)26(13)36)25-14(10-32-27-15(25)7-8-38-27)9-20(35)19-5-3-17(29)24(33-19)22-16(28)4-6-21(37-2)23(22)30/h3-6,10,13,18,26,36H,7-9,11-12,31H2,1-2H3/t13-,18+,26+/m0/s1. The van der Waals surface area contributed by atoms with Crippen molar-refractivity contribution >= 4 is 11.5 Å². The second-order valence-corrected chi connectivity index (χ2v) is 9.62. The molecule has 0 unspecified atom stereocenters. The Hall–Kier alpha value is -3.70. The fourth-order valence-corrected chi connectivity index (χ4v) is 5.14. The summed E-state index contributed by atoms with van der Waals surface area (Å²) >= 11 is 0. The van der Waals surface area contributed by atoms with Crippen molar-refractivity contribution in [3.63, 3.8) is 0 Å². The van der Waals surface area contributed by atoms with Gasteiger partial charge in [-0.05, 0) is 24.3 Å². The van der Waals surface area contributed by atoms with Crippen molar-refractivity contribution in [3.05, 3.63) is 64.7 Å². The van der Waals surface area contributed by atoms with Gasteiger partial charge in [-0.15, -0.1) is 0 Å². The first-order chi connectivity index (χ1) is 18.2. The average molecular weight is 529 g/mol. The molecule has 0 saturated carbocycles. The van der Waals surface area contributed by atoms with Gasteiger partial charge in [0.25, 0.3) is 0 Å². The van der Waals surface area contributed by atoms with Crippen LogP contribution in [0.4, 0.5) is 18.9 Å². The van der Waals surface area contributed by atoms with Gasteiger partial charge in [0.15, 0.2) is 17.3 Å². The third-order valence-corrected chi connectivity index (χ3v) is 7.05. The second kappa shape index (κ2) is 10.2. The zero-order chi connectivity index (χ0) is 27.1. The highest BCUT2D eigenvalue weighted by Crippen LogP contribution is 2.38. The zero-order valence-electron chi connectivity index (χ0n) is 20.9. The minimum Gasteiger partial charge on any atom is -0.494 e. The molecule has 8 nitrogen and oxygen atoms in total. The number of nitrogens with two attached hydrogens (primary N) is 1. The molecular weight excluding hydrogens is 501 g/mol. The number of nitrogens with zero attached hydrogens (tertiary/aromatic N) is 3. The van der Waals surface area contributed by atoms with E-state index in [4.69, 9.17) is 15.2 Å². The molecule has 3 N–H and O–H groups in total. The largest absolute Gasteiger partial charge is 0.494 e. The van der Waals surface area contributed by atoms with Gasteiger partial charge in [0.05, 0.1) is 31.1 Å². The van der Waals surface area contributed by atoms with Crippen LogP contribution in [-0.2, 0) is 12.8 Å². The topological polar surface area (TPSA) is 111 Å². The number of aliphatic hydroxyl groups excluding tert-OH is 1. The van der Waals surface area contributed by atoms with Crippen LogP contribution in [0.2, 0.25) is 0 Å². The molecule has 200 valence electrons. The van der Waals surface area contributed by atoms with Gasteiger partial charge in [0.2, 0.25) is 5.88 Å². The van der Waals surface area contributed by atoms with Crippen LogP contribution in [0, 0.1) is 23.4 Å². The lowest BCUT2D eigenvalue weighted by atomic mass is 9.91. The molecule has 0 amide bonds. The van der Waals surface area contributed by atoms with Crippen molar-refractivity contribution < 1.29 is 32.5 Å². The molecule has 2 aliphatic rings. The number of rotatable bonds is 6. The summed E-state index contributed by atoms with van der Waals surface area (Å²) in [6.45, 7) is 3.24. The fraction of sp³-hybridized carbons (Fsp3) is 0.370. The van der Waals surface area contributed by atoms with E-state index < -0.39 is 46.6 Å². The van der Waals surface area contributed by atoms with Gasteiger partial charge in [0, 0.05) is 55.2 Å². The Bertz CT molecular complexity index is 1390. The number of methoxy groups -OCH3 is 1. The average Bonchev–Trinajstić information content (AvgIpc) is 3.37. The maximum atomic E-state index is 14.8. The van der Waals surface area contributed by atoms with Gasteiger partial charge in [-0.3, -0.25) is 4.79 Å². The summed E-state index contributed by atoms with van der Waals surface area (Å²) in [5.41, 5.74) is 6.88. The smallest absolute Gasteiger partial charge is 0.218 e. The number of benzene rings is 1. The van der Waals surface area contributed by atoms with Crippen LogP contribution < -0.4 is 20.1 Å². The number of carbonyl (C=O) groups is 1. The highest BCUT2D eigenvalue weighted by atomic mass is 19.1. The van der Waals surface area contributed by atoms with E-state index in [2.05, 4.69) is 9.97 Å². The van der Waals surface area contributed by atoms with E-state index in [-0.39, 0.29) is 23.8 Å². The summed E-state index contributed by atoms with van der Waals surface area (Å²) in [5, 5.41) is 10.3. The highest BCUT2D eigenvalue weighted by Gasteiger charge is 2.35. The predicted molar refractivity (Wildman–Crippen MR) is 133 cm³/mol. The number of aliphatic hydroxyl groups is 1. The summed E-state index contributed by atoms with van der Waals surface area (Å²) in [7, 11) is 1.20. The first kappa shape index (κ1) is 25.9. The quantitative estimate of drug-likeness (QED) is 0.470. The van der Waals surface area contributed by atoms with E-state index in [0.717, 1.165) is 29.4 Å². The number of halogens is 3. The summed E-state index contributed by atoms with van der Waals surface area (Å²) in [4.78, 5) is 23.8. The number of ketones is 1. The Morgan fingerprint density at radius 1 is 1.21 bits per heavy atom. The first-order valence-corrected chi connectivity index (χ1v) is 12.2. The molecule has 0 bridgehead atoms. The molecule has 1 fully saturated rings. The Balaban J connectivity index is 1.51. The monoisotopic (exact) mass is 528 g/mol. The number of hydrogen-bond donors (Lipinski definition) is 2.